The number of hydrogen-bond donors (Lipinski definition) is 0. The summed E-state index contributed by atoms with van der Waals surface area (Å²) in [7, 11) is 0. The van der Waals surface area contributed by atoms with Crippen molar-refractivity contribution >= 4 is 5.97 Å². The highest BCUT2D eigenvalue weighted by molar-refractivity contribution is 5.71. The molecule has 0 amide bonds. The molecule has 17 heavy (non-hydrogen) atoms. The fourth-order valence-electron chi connectivity index (χ4n) is 2.49. The molecule has 2 nitrogen and oxygen atoms in total. The van der Waals surface area contributed by atoms with E-state index in [0.717, 1.165) is 12.8 Å². The van der Waals surface area contributed by atoms with E-state index < -0.39 is 0 Å². The van der Waals surface area contributed by atoms with Crippen molar-refractivity contribution in [3.05, 3.63) is 11.1 Å². The van der Waals surface area contributed by atoms with Crippen LogP contribution in [0.15, 0.2) is 11.1 Å². The molecular weight excluding hydrogens is 212 g/mol. The van der Waals surface area contributed by atoms with E-state index >= 15 is 0 Å². The molecule has 2 heteroatoms. The molecule has 0 radical (unpaired) electrons. The smallest absolute Gasteiger partial charge is 0.308 e. The molecule has 0 saturated heterocycles. The molecule has 1 saturated carbocycles. The zero-order chi connectivity index (χ0) is 13.2. The molecule has 0 spiro atoms. The molecule has 1 rings (SSSR count). The topological polar surface area (TPSA) is 26.3 Å². The summed E-state index contributed by atoms with van der Waals surface area (Å²) in [4.78, 5) is 11.6. The molecule has 0 aliphatic heterocycles. The quantitative estimate of drug-likeness (QED) is 0.547. The van der Waals surface area contributed by atoms with E-state index in [9.17, 15) is 4.79 Å². The molecule has 1 aliphatic rings. The maximum Gasteiger partial charge on any atom is 0.308 e. The summed E-state index contributed by atoms with van der Waals surface area (Å²) >= 11 is 0. The normalized spacial score (nSPS) is 23.9. The molecule has 0 aromatic rings. The van der Waals surface area contributed by atoms with E-state index in [-0.39, 0.29) is 17.3 Å². The van der Waals surface area contributed by atoms with Crippen LogP contribution in [-0.2, 0) is 9.53 Å². The van der Waals surface area contributed by atoms with Gasteiger partial charge in [0, 0.05) is 5.92 Å². The molecule has 0 aromatic heterocycles. The average molecular weight is 238 g/mol. The SMILES string of the molecule is CC[C@@H](C)C(=O)OC[C@H]1CC(=C(C)C)C1(C)C. The summed E-state index contributed by atoms with van der Waals surface area (Å²) in [6.45, 7) is 13.3. The molecule has 0 aromatic carbocycles. The van der Waals surface area contributed by atoms with Crippen molar-refractivity contribution in [2.24, 2.45) is 17.3 Å². The van der Waals surface area contributed by atoms with Gasteiger partial charge in [-0.15, -0.1) is 0 Å². The van der Waals surface area contributed by atoms with Crippen LogP contribution in [0.25, 0.3) is 0 Å². The van der Waals surface area contributed by atoms with Crippen LogP contribution in [-0.4, -0.2) is 12.6 Å². The highest BCUT2D eigenvalue weighted by atomic mass is 16.5. The van der Waals surface area contributed by atoms with Crippen molar-refractivity contribution in [3.63, 3.8) is 0 Å². The fraction of sp³-hybridized carbons (Fsp3) is 0.800. The van der Waals surface area contributed by atoms with E-state index in [1.807, 2.05) is 13.8 Å². The minimum Gasteiger partial charge on any atom is -0.465 e. The Hall–Kier alpha value is -0.790. The van der Waals surface area contributed by atoms with Crippen molar-refractivity contribution in [1.82, 2.24) is 0 Å². The summed E-state index contributed by atoms with van der Waals surface area (Å²) in [5.74, 6) is 0.468. The molecule has 0 bridgehead atoms. The Labute approximate surface area is 105 Å². The lowest BCUT2D eigenvalue weighted by Gasteiger charge is -2.48. The molecule has 0 N–H and O–H groups in total. The van der Waals surface area contributed by atoms with Crippen LogP contribution >= 0.6 is 0 Å². The van der Waals surface area contributed by atoms with E-state index in [1.165, 1.54) is 11.1 Å². The number of carbonyl (C=O) groups excluding carboxylic acids is 1. The van der Waals surface area contributed by atoms with Gasteiger partial charge in [-0.2, -0.15) is 0 Å². The highest BCUT2D eigenvalue weighted by Gasteiger charge is 2.44. The second-order valence-corrected chi connectivity index (χ2v) is 6.04. The lowest BCUT2D eigenvalue weighted by molar-refractivity contribution is -0.151. The third-order valence-corrected chi connectivity index (χ3v) is 4.29. The fourth-order valence-corrected chi connectivity index (χ4v) is 2.49. The predicted molar refractivity (Wildman–Crippen MR) is 70.7 cm³/mol. The van der Waals surface area contributed by atoms with Crippen molar-refractivity contribution in [2.75, 3.05) is 6.61 Å². The molecule has 1 aliphatic carbocycles. The third kappa shape index (κ3) is 2.91. The van der Waals surface area contributed by atoms with Crippen LogP contribution in [0.3, 0.4) is 0 Å². The maximum atomic E-state index is 11.6. The largest absolute Gasteiger partial charge is 0.465 e. The van der Waals surface area contributed by atoms with Crippen molar-refractivity contribution in [3.8, 4) is 0 Å². The predicted octanol–water partition coefficient (Wildman–Crippen LogP) is 3.96. The second-order valence-electron chi connectivity index (χ2n) is 6.04. The summed E-state index contributed by atoms with van der Waals surface area (Å²) in [5, 5.41) is 0. The van der Waals surface area contributed by atoms with E-state index in [1.54, 1.807) is 0 Å². The van der Waals surface area contributed by atoms with Crippen LogP contribution in [0.4, 0.5) is 0 Å². The third-order valence-electron chi connectivity index (χ3n) is 4.29. The van der Waals surface area contributed by atoms with Crippen LogP contribution in [0.2, 0.25) is 0 Å². The van der Waals surface area contributed by atoms with Crippen LogP contribution in [0.1, 0.15) is 54.4 Å². The second kappa shape index (κ2) is 5.24. The van der Waals surface area contributed by atoms with Gasteiger partial charge in [-0.1, -0.05) is 38.8 Å². The Kier molecular flexibility index (Phi) is 4.40. The Morgan fingerprint density at radius 1 is 1.47 bits per heavy atom. The van der Waals surface area contributed by atoms with Crippen molar-refractivity contribution < 1.29 is 9.53 Å². The lowest BCUT2D eigenvalue weighted by Crippen LogP contribution is -2.41. The lowest BCUT2D eigenvalue weighted by atomic mass is 9.58. The van der Waals surface area contributed by atoms with Gasteiger partial charge in [-0.25, -0.2) is 0 Å². The Morgan fingerprint density at radius 2 is 2.06 bits per heavy atom. The van der Waals surface area contributed by atoms with Gasteiger partial charge in [0.25, 0.3) is 0 Å². The number of carbonyl (C=O) groups is 1. The number of ether oxygens (including phenoxy) is 1. The Balaban J connectivity index is 2.47. The van der Waals surface area contributed by atoms with Gasteiger partial charge >= 0.3 is 5.97 Å². The Morgan fingerprint density at radius 3 is 2.47 bits per heavy atom. The number of hydrogen-bond acceptors (Lipinski definition) is 2. The minimum absolute atomic E-state index is 0.0288. The van der Waals surface area contributed by atoms with Crippen LogP contribution in [0, 0.1) is 17.3 Å². The van der Waals surface area contributed by atoms with Crippen LogP contribution < -0.4 is 0 Å². The zero-order valence-corrected chi connectivity index (χ0v) is 12.1. The van der Waals surface area contributed by atoms with Gasteiger partial charge in [0.2, 0.25) is 0 Å². The van der Waals surface area contributed by atoms with Crippen LogP contribution in [0.5, 0.6) is 0 Å². The van der Waals surface area contributed by atoms with E-state index in [4.69, 9.17) is 4.74 Å². The molecule has 1 fully saturated rings. The van der Waals surface area contributed by atoms with Gasteiger partial charge < -0.3 is 4.74 Å². The van der Waals surface area contributed by atoms with E-state index in [2.05, 4.69) is 27.7 Å². The first kappa shape index (κ1) is 14.3. The number of rotatable bonds is 4. The molecule has 0 unspecified atom stereocenters. The standard InChI is InChI=1S/C15H26O2/c1-7-11(4)14(16)17-9-12-8-13(10(2)3)15(12,5)6/h11-12H,7-9H2,1-6H3/t11-,12-/m1/s1. The molecule has 2 atom stereocenters. The highest BCUT2D eigenvalue weighted by Crippen LogP contribution is 2.52. The van der Waals surface area contributed by atoms with Crippen molar-refractivity contribution in [2.45, 2.75) is 54.4 Å². The summed E-state index contributed by atoms with van der Waals surface area (Å²) in [5.41, 5.74) is 3.15. The first-order chi connectivity index (χ1) is 7.80. The minimum atomic E-state index is -0.0473. The first-order valence-corrected chi connectivity index (χ1v) is 6.64. The Bertz CT molecular complexity index is 322. The number of allylic oxidation sites excluding steroid dienone is 2. The number of esters is 1. The van der Waals surface area contributed by atoms with Crippen molar-refractivity contribution in [1.29, 1.82) is 0 Å². The maximum absolute atomic E-state index is 11.6. The van der Waals surface area contributed by atoms with Gasteiger partial charge in [-0.3, -0.25) is 4.79 Å². The molecule has 0 heterocycles. The summed E-state index contributed by atoms with van der Waals surface area (Å²) in [6, 6.07) is 0. The van der Waals surface area contributed by atoms with Gasteiger partial charge in [0.1, 0.15) is 0 Å². The van der Waals surface area contributed by atoms with Gasteiger partial charge in [0.05, 0.1) is 12.5 Å². The van der Waals surface area contributed by atoms with E-state index in [0.29, 0.717) is 12.5 Å². The monoisotopic (exact) mass is 238 g/mol. The summed E-state index contributed by atoms with van der Waals surface area (Å²) < 4.78 is 5.40. The first-order valence-electron chi connectivity index (χ1n) is 6.64. The zero-order valence-electron chi connectivity index (χ0n) is 12.1. The van der Waals surface area contributed by atoms with Gasteiger partial charge in [0.15, 0.2) is 0 Å². The molecule has 98 valence electrons. The van der Waals surface area contributed by atoms with Gasteiger partial charge in [-0.05, 0) is 32.1 Å². The summed E-state index contributed by atoms with van der Waals surface area (Å²) in [6.07, 6.45) is 1.94. The molecular formula is C15H26O2. The average Bonchev–Trinajstić information content (AvgIpc) is 2.25.